The van der Waals surface area contributed by atoms with Crippen molar-refractivity contribution in [1.29, 1.82) is 0 Å². The molecule has 0 bridgehead atoms. The second-order valence-electron chi connectivity index (χ2n) is 6.86. The van der Waals surface area contributed by atoms with Crippen LogP contribution in [-0.2, 0) is 9.59 Å². The predicted molar refractivity (Wildman–Crippen MR) is 102 cm³/mol. The first-order valence-electron chi connectivity index (χ1n) is 9.14. The molecule has 2 heterocycles. The van der Waals surface area contributed by atoms with E-state index in [1.807, 2.05) is 22.0 Å². The summed E-state index contributed by atoms with van der Waals surface area (Å²) in [6.45, 7) is 7.39. The zero-order valence-corrected chi connectivity index (χ0v) is 15.6. The first-order chi connectivity index (χ1) is 12.5. The van der Waals surface area contributed by atoms with E-state index >= 15 is 0 Å². The maximum absolute atomic E-state index is 12.2. The fraction of sp³-hybridized carbons (Fsp3) is 0.500. The highest BCUT2D eigenvalue weighted by atomic mass is 16.3. The molecule has 2 aliphatic rings. The van der Waals surface area contributed by atoms with Crippen molar-refractivity contribution >= 4 is 12.3 Å². The minimum atomic E-state index is 0.116. The van der Waals surface area contributed by atoms with E-state index in [4.69, 9.17) is 0 Å². The standard InChI is InChI=1S/C20H29N3O3/c1-17-7-8-18(14-21(2)16-24)9-13-22(15-19(17)25)10-5-6-20(26)23-11-3-4-12-23/h7-9,15-16,25H,1,3-6,10-14H2,2H3/b8-7-,18-9+,19-15?. The Labute approximate surface area is 155 Å². The highest BCUT2D eigenvalue weighted by Gasteiger charge is 2.17. The second kappa shape index (κ2) is 9.85. The molecule has 1 saturated heterocycles. The summed E-state index contributed by atoms with van der Waals surface area (Å²) in [7, 11) is 1.72. The molecular weight excluding hydrogens is 330 g/mol. The summed E-state index contributed by atoms with van der Waals surface area (Å²) in [5.74, 6) is 0.334. The summed E-state index contributed by atoms with van der Waals surface area (Å²) in [5, 5.41) is 10.2. The van der Waals surface area contributed by atoms with Crippen molar-refractivity contribution in [3.63, 3.8) is 0 Å². The minimum absolute atomic E-state index is 0.116. The Bertz CT molecular complexity index is 616. The van der Waals surface area contributed by atoms with E-state index in [0.29, 0.717) is 31.6 Å². The van der Waals surface area contributed by atoms with E-state index in [1.165, 1.54) is 0 Å². The topological polar surface area (TPSA) is 64.1 Å². The van der Waals surface area contributed by atoms with E-state index in [0.717, 1.165) is 44.3 Å². The van der Waals surface area contributed by atoms with Gasteiger partial charge in [0.15, 0.2) is 0 Å². The summed E-state index contributed by atoms with van der Waals surface area (Å²) in [6.07, 6.45) is 11.6. The lowest BCUT2D eigenvalue weighted by atomic mass is 10.1. The van der Waals surface area contributed by atoms with Crippen LogP contribution < -0.4 is 0 Å². The van der Waals surface area contributed by atoms with Crippen molar-refractivity contribution in [3.8, 4) is 0 Å². The number of nitrogens with zero attached hydrogens (tertiary/aromatic N) is 3. The first kappa shape index (κ1) is 19.8. The van der Waals surface area contributed by atoms with Crippen molar-refractivity contribution < 1.29 is 14.7 Å². The van der Waals surface area contributed by atoms with E-state index in [1.54, 1.807) is 24.2 Å². The summed E-state index contributed by atoms with van der Waals surface area (Å²) >= 11 is 0. The molecule has 0 spiro atoms. The highest BCUT2D eigenvalue weighted by Crippen LogP contribution is 2.14. The van der Waals surface area contributed by atoms with Crippen LogP contribution in [0.2, 0.25) is 0 Å². The van der Waals surface area contributed by atoms with Crippen LogP contribution in [0.25, 0.3) is 0 Å². The number of carbonyl (C=O) groups is 2. The van der Waals surface area contributed by atoms with Gasteiger partial charge in [-0.2, -0.15) is 0 Å². The third kappa shape index (κ3) is 6.10. The van der Waals surface area contributed by atoms with E-state index in [2.05, 4.69) is 6.58 Å². The Balaban J connectivity index is 1.95. The van der Waals surface area contributed by atoms with Crippen LogP contribution >= 0.6 is 0 Å². The molecule has 142 valence electrons. The predicted octanol–water partition coefficient (Wildman–Crippen LogP) is 2.23. The van der Waals surface area contributed by atoms with Gasteiger partial charge in [-0.15, -0.1) is 0 Å². The van der Waals surface area contributed by atoms with Gasteiger partial charge >= 0.3 is 0 Å². The lowest BCUT2D eigenvalue weighted by molar-refractivity contribution is -0.130. The average Bonchev–Trinajstić information content (AvgIpc) is 3.17. The lowest BCUT2D eigenvalue weighted by Crippen LogP contribution is -2.28. The smallest absolute Gasteiger partial charge is 0.222 e. The van der Waals surface area contributed by atoms with Gasteiger partial charge in [-0.05, 0) is 24.8 Å². The normalized spacial score (nSPS) is 21.2. The van der Waals surface area contributed by atoms with Crippen LogP contribution in [0.5, 0.6) is 0 Å². The van der Waals surface area contributed by atoms with Crippen LogP contribution in [0.1, 0.15) is 25.7 Å². The highest BCUT2D eigenvalue weighted by molar-refractivity contribution is 5.76. The number of carbonyl (C=O) groups excluding carboxylic acids is 2. The molecule has 0 radical (unpaired) electrons. The summed E-state index contributed by atoms with van der Waals surface area (Å²) in [6, 6.07) is 0. The fourth-order valence-corrected chi connectivity index (χ4v) is 3.06. The summed E-state index contributed by atoms with van der Waals surface area (Å²) < 4.78 is 0. The van der Waals surface area contributed by atoms with Gasteiger partial charge in [-0.1, -0.05) is 24.8 Å². The molecule has 0 aromatic rings. The van der Waals surface area contributed by atoms with Crippen molar-refractivity contribution in [1.82, 2.24) is 14.7 Å². The van der Waals surface area contributed by atoms with Gasteiger partial charge in [0.2, 0.25) is 12.3 Å². The molecule has 0 saturated carbocycles. The Morgan fingerprint density at radius 1 is 1.35 bits per heavy atom. The Morgan fingerprint density at radius 2 is 2.08 bits per heavy atom. The van der Waals surface area contributed by atoms with Gasteiger partial charge in [0.1, 0.15) is 5.76 Å². The number of likely N-dealkylation sites (N-methyl/N-ethyl adjacent to an activating group) is 1. The number of aliphatic hydroxyl groups is 1. The minimum Gasteiger partial charge on any atom is -0.506 e. The van der Waals surface area contributed by atoms with Gasteiger partial charge < -0.3 is 19.8 Å². The van der Waals surface area contributed by atoms with Gasteiger partial charge in [0.25, 0.3) is 0 Å². The van der Waals surface area contributed by atoms with Crippen molar-refractivity contribution in [2.45, 2.75) is 25.7 Å². The number of rotatable bonds is 7. The first-order valence-corrected chi connectivity index (χ1v) is 9.14. The molecule has 6 nitrogen and oxygen atoms in total. The number of hydrogen-bond acceptors (Lipinski definition) is 4. The third-order valence-electron chi connectivity index (χ3n) is 4.63. The monoisotopic (exact) mass is 359 g/mol. The van der Waals surface area contributed by atoms with Gasteiger partial charge in [0.05, 0.1) is 0 Å². The average molecular weight is 359 g/mol. The molecule has 2 aliphatic heterocycles. The maximum Gasteiger partial charge on any atom is 0.222 e. The Hall–Kier alpha value is -2.50. The van der Waals surface area contributed by atoms with Crippen LogP contribution in [0.3, 0.4) is 0 Å². The molecule has 0 unspecified atom stereocenters. The zero-order chi connectivity index (χ0) is 18.9. The largest absolute Gasteiger partial charge is 0.506 e. The van der Waals surface area contributed by atoms with E-state index < -0.39 is 0 Å². The number of allylic oxidation sites excluding steroid dienone is 1. The van der Waals surface area contributed by atoms with Crippen molar-refractivity contribution in [2.75, 3.05) is 39.8 Å². The molecule has 0 aromatic carbocycles. The van der Waals surface area contributed by atoms with Crippen LogP contribution in [0, 0.1) is 0 Å². The molecule has 2 amide bonds. The van der Waals surface area contributed by atoms with E-state index in [-0.39, 0.29) is 11.7 Å². The Kier molecular flexibility index (Phi) is 7.51. The van der Waals surface area contributed by atoms with Crippen LogP contribution in [0.15, 0.2) is 47.9 Å². The summed E-state index contributed by atoms with van der Waals surface area (Å²) in [4.78, 5) is 28.5. The molecule has 1 N–H and O–H groups in total. The van der Waals surface area contributed by atoms with Crippen LogP contribution in [0.4, 0.5) is 0 Å². The molecular formula is C20H29N3O3. The third-order valence-corrected chi connectivity index (χ3v) is 4.63. The molecule has 1 fully saturated rings. The lowest BCUT2D eigenvalue weighted by Gasteiger charge is -2.21. The maximum atomic E-state index is 12.2. The van der Waals surface area contributed by atoms with E-state index in [9.17, 15) is 14.7 Å². The van der Waals surface area contributed by atoms with Crippen LogP contribution in [-0.4, -0.2) is 71.9 Å². The zero-order valence-electron chi connectivity index (χ0n) is 15.6. The molecule has 0 aliphatic carbocycles. The summed E-state index contributed by atoms with van der Waals surface area (Å²) in [5.41, 5.74) is 1.49. The molecule has 26 heavy (non-hydrogen) atoms. The SMILES string of the molecule is C=C1/C=C\C(CN(C)C=O)=C/CN(CCCC(=O)N2CCCC2)C=C1O. The molecule has 0 aromatic heterocycles. The number of amides is 2. The molecule has 2 rings (SSSR count). The number of likely N-dealkylation sites (tertiary alicyclic amines) is 1. The number of aliphatic hydroxyl groups excluding tert-OH is 1. The van der Waals surface area contributed by atoms with Gasteiger partial charge in [-0.3, -0.25) is 9.59 Å². The Morgan fingerprint density at radius 3 is 2.77 bits per heavy atom. The van der Waals surface area contributed by atoms with Crippen molar-refractivity contribution in [2.24, 2.45) is 0 Å². The molecule has 6 heteroatoms. The second-order valence-corrected chi connectivity index (χ2v) is 6.86. The quantitative estimate of drug-likeness (QED) is 0.708. The van der Waals surface area contributed by atoms with Gasteiger partial charge in [-0.25, -0.2) is 0 Å². The molecule has 0 atom stereocenters. The van der Waals surface area contributed by atoms with Crippen molar-refractivity contribution in [3.05, 3.63) is 47.9 Å². The fourth-order valence-electron chi connectivity index (χ4n) is 3.06. The van der Waals surface area contributed by atoms with Gasteiger partial charge in [0, 0.05) is 58.0 Å². The number of hydrogen-bond donors (Lipinski definition) is 1.